The molecule has 0 saturated heterocycles. The minimum atomic E-state index is -0.0814. The van der Waals surface area contributed by atoms with Crippen LogP contribution in [-0.4, -0.2) is 19.1 Å². The lowest BCUT2D eigenvalue weighted by atomic mass is 10.3. The Morgan fingerprint density at radius 2 is 2.23 bits per heavy atom. The lowest BCUT2D eigenvalue weighted by molar-refractivity contribution is 0.409. The summed E-state index contributed by atoms with van der Waals surface area (Å²) in [6, 6.07) is 8.26. The Morgan fingerprint density at radius 1 is 1.36 bits per heavy atom. The molecule has 0 fully saturated rings. The maximum Gasteiger partial charge on any atom is 0.302 e. The average Bonchev–Trinajstić information content (AvgIpc) is 3.16. The van der Waals surface area contributed by atoms with E-state index in [1.807, 2.05) is 53.4 Å². The van der Waals surface area contributed by atoms with Gasteiger partial charge in [0.1, 0.15) is 5.75 Å². The number of nitrogens with zero attached hydrogens (tertiary/aromatic N) is 4. The van der Waals surface area contributed by atoms with Crippen molar-refractivity contribution < 1.29 is 4.74 Å². The van der Waals surface area contributed by atoms with Crippen molar-refractivity contribution in [2.45, 2.75) is 26.4 Å². The van der Waals surface area contributed by atoms with Crippen LogP contribution in [0.1, 0.15) is 25.6 Å². The first-order valence-electron chi connectivity index (χ1n) is 7.26. The van der Waals surface area contributed by atoms with Gasteiger partial charge < -0.3 is 15.0 Å². The van der Waals surface area contributed by atoms with E-state index in [9.17, 15) is 0 Å². The van der Waals surface area contributed by atoms with Crippen molar-refractivity contribution in [3.63, 3.8) is 0 Å². The van der Waals surface area contributed by atoms with Crippen LogP contribution in [0.3, 0.4) is 0 Å². The van der Waals surface area contributed by atoms with Gasteiger partial charge in [0, 0.05) is 31.0 Å². The van der Waals surface area contributed by atoms with Crippen molar-refractivity contribution in [3.05, 3.63) is 54.9 Å². The van der Waals surface area contributed by atoms with Crippen LogP contribution < -0.4 is 10.5 Å². The lowest BCUT2D eigenvalue weighted by Crippen LogP contribution is -2.12. The van der Waals surface area contributed by atoms with Crippen LogP contribution in [0.15, 0.2) is 49.2 Å². The van der Waals surface area contributed by atoms with Crippen molar-refractivity contribution in [1.82, 2.24) is 19.1 Å². The summed E-state index contributed by atoms with van der Waals surface area (Å²) in [5, 5.41) is 0. The zero-order chi connectivity index (χ0) is 15.5. The Morgan fingerprint density at radius 3 is 2.91 bits per heavy atom. The minimum Gasteiger partial charge on any atom is -0.425 e. The summed E-state index contributed by atoms with van der Waals surface area (Å²) in [5.41, 5.74) is 7.90. The Kier molecular flexibility index (Phi) is 3.93. The summed E-state index contributed by atoms with van der Waals surface area (Å²) in [6.07, 6.45) is 7.15. The highest BCUT2D eigenvalue weighted by molar-refractivity contribution is 5.40. The molecule has 6 heteroatoms. The first-order valence-corrected chi connectivity index (χ1v) is 7.26. The van der Waals surface area contributed by atoms with Crippen LogP contribution in [0, 0.1) is 0 Å². The van der Waals surface area contributed by atoms with E-state index < -0.39 is 0 Å². The predicted octanol–water partition coefficient (Wildman–Crippen LogP) is 2.90. The van der Waals surface area contributed by atoms with E-state index >= 15 is 0 Å². The van der Waals surface area contributed by atoms with E-state index in [1.165, 1.54) is 0 Å². The Bertz CT molecular complexity index is 746. The molecule has 3 rings (SSSR count). The Hall–Kier alpha value is -2.60. The van der Waals surface area contributed by atoms with E-state index in [-0.39, 0.29) is 6.04 Å². The van der Waals surface area contributed by atoms with Crippen LogP contribution in [0.5, 0.6) is 11.8 Å². The molecule has 1 unspecified atom stereocenters. The molecule has 0 aliphatic heterocycles. The first-order chi connectivity index (χ1) is 10.7. The normalized spacial score (nSPS) is 12.3. The van der Waals surface area contributed by atoms with Crippen LogP contribution in [-0.2, 0) is 6.54 Å². The summed E-state index contributed by atoms with van der Waals surface area (Å²) in [6.45, 7) is 4.74. The third kappa shape index (κ3) is 2.73. The van der Waals surface area contributed by atoms with Crippen LogP contribution >= 0.6 is 0 Å². The monoisotopic (exact) mass is 297 g/mol. The molecule has 0 bridgehead atoms. The SMILES string of the molecule is CCn1c(C(C)N)cnc1Oc1cccc(-n2ccnc2)c1. The van der Waals surface area contributed by atoms with Gasteiger partial charge in [0.15, 0.2) is 0 Å². The van der Waals surface area contributed by atoms with Crippen molar-refractivity contribution in [3.8, 4) is 17.4 Å². The molecule has 2 aromatic heterocycles. The molecule has 1 atom stereocenters. The highest BCUT2D eigenvalue weighted by atomic mass is 16.5. The molecule has 2 heterocycles. The van der Waals surface area contributed by atoms with Gasteiger partial charge in [-0.25, -0.2) is 9.97 Å². The van der Waals surface area contributed by atoms with E-state index in [0.29, 0.717) is 6.01 Å². The van der Waals surface area contributed by atoms with Crippen molar-refractivity contribution in [2.24, 2.45) is 5.73 Å². The zero-order valence-corrected chi connectivity index (χ0v) is 12.7. The molecule has 6 nitrogen and oxygen atoms in total. The third-order valence-corrected chi connectivity index (χ3v) is 3.46. The topological polar surface area (TPSA) is 70.9 Å². The van der Waals surface area contributed by atoms with Crippen LogP contribution in [0.25, 0.3) is 5.69 Å². The van der Waals surface area contributed by atoms with Gasteiger partial charge in [-0.2, -0.15) is 0 Å². The molecule has 0 spiro atoms. The number of hydrogen-bond acceptors (Lipinski definition) is 4. The number of aromatic nitrogens is 4. The standard InChI is InChI=1S/C16H19N5O/c1-3-21-15(12(2)17)10-19-16(21)22-14-6-4-5-13(9-14)20-8-7-18-11-20/h4-12H,3,17H2,1-2H3. The zero-order valence-electron chi connectivity index (χ0n) is 12.7. The van der Waals surface area contributed by atoms with E-state index in [2.05, 4.69) is 9.97 Å². The van der Waals surface area contributed by atoms with Gasteiger partial charge in [0.2, 0.25) is 0 Å². The molecular weight excluding hydrogens is 278 g/mol. The fourth-order valence-corrected chi connectivity index (χ4v) is 2.36. The number of benzene rings is 1. The van der Waals surface area contributed by atoms with Gasteiger partial charge in [0.25, 0.3) is 0 Å². The number of rotatable bonds is 5. The summed E-state index contributed by atoms with van der Waals surface area (Å²) < 4.78 is 9.84. The quantitative estimate of drug-likeness (QED) is 0.786. The third-order valence-electron chi connectivity index (χ3n) is 3.46. The highest BCUT2D eigenvalue weighted by Gasteiger charge is 2.13. The first kappa shape index (κ1) is 14.3. The molecular formula is C16H19N5O. The molecule has 22 heavy (non-hydrogen) atoms. The number of hydrogen-bond donors (Lipinski definition) is 1. The number of ether oxygens (including phenoxy) is 1. The summed E-state index contributed by atoms with van der Waals surface area (Å²) in [4.78, 5) is 8.39. The average molecular weight is 297 g/mol. The molecule has 114 valence electrons. The highest BCUT2D eigenvalue weighted by Crippen LogP contribution is 2.25. The van der Waals surface area contributed by atoms with Gasteiger partial charge in [-0.15, -0.1) is 0 Å². The van der Waals surface area contributed by atoms with Crippen molar-refractivity contribution >= 4 is 0 Å². The van der Waals surface area contributed by atoms with Crippen molar-refractivity contribution in [2.75, 3.05) is 0 Å². The predicted molar refractivity (Wildman–Crippen MR) is 84.1 cm³/mol. The summed E-state index contributed by atoms with van der Waals surface area (Å²) in [5.74, 6) is 0.725. The fourth-order valence-electron chi connectivity index (χ4n) is 2.36. The van der Waals surface area contributed by atoms with Crippen LogP contribution in [0.4, 0.5) is 0 Å². The van der Waals surface area contributed by atoms with Gasteiger partial charge in [-0.3, -0.25) is 4.57 Å². The smallest absolute Gasteiger partial charge is 0.302 e. The molecule has 2 N–H and O–H groups in total. The largest absolute Gasteiger partial charge is 0.425 e. The Balaban J connectivity index is 1.89. The minimum absolute atomic E-state index is 0.0814. The second kappa shape index (κ2) is 6.03. The van der Waals surface area contributed by atoms with Gasteiger partial charge in [-0.1, -0.05) is 6.07 Å². The summed E-state index contributed by atoms with van der Waals surface area (Å²) in [7, 11) is 0. The van der Waals surface area contributed by atoms with E-state index in [4.69, 9.17) is 10.5 Å². The second-order valence-electron chi connectivity index (χ2n) is 5.07. The molecule has 0 aliphatic rings. The summed E-state index contributed by atoms with van der Waals surface area (Å²) >= 11 is 0. The molecule has 0 amide bonds. The second-order valence-corrected chi connectivity index (χ2v) is 5.07. The van der Waals surface area contributed by atoms with E-state index in [0.717, 1.165) is 23.7 Å². The van der Waals surface area contributed by atoms with Crippen molar-refractivity contribution in [1.29, 1.82) is 0 Å². The molecule has 0 saturated carbocycles. The lowest BCUT2D eigenvalue weighted by Gasteiger charge is -2.12. The van der Waals surface area contributed by atoms with E-state index in [1.54, 1.807) is 18.7 Å². The van der Waals surface area contributed by atoms with Gasteiger partial charge >= 0.3 is 6.01 Å². The Labute approximate surface area is 129 Å². The maximum absolute atomic E-state index is 5.96. The molecule has 0 radical (unpaired) electrons. The fraction of sp³-hybridized carbons (Fsp3) is 0.250. The van der Waals surface area contributed by atoms with Gasteiger partial charge in [0.05, 0.1) is 23.9 Å². The molecule has 1 aromatic carbocycles. The van der Waals surface area contributed by atoms with Gasteiger partial charge in [-0.05, 0) is 26.0 Å². The maximum atomic E-state index is 5.96. The molecule has 0 aliphatic carbocycles. The molecule has 3 aromatic rings. The number of imidazole rings is 2. The number of nitrogens with two attached hydrogens (primary N) is 1. The van der Waals surface area contributed by atoms with Crippen LogP contribution in [0.2, 0.25) is 0 Å².